The monoisotopic (exact) mass is 348 g/mol. The second-order valence-corrected chi connectivity index (χ2v) is 13.5. The van der Waals surface area contributed by atoms with E-state index in [-0.39, 0.29) is 23.4 Å². The van der Waals surface area contributed by atoms with Gasteiger partial charge >= 0.3 is 0 Å². The minimum absolute atomic E-state index is 0.239. The van der Waals surface area contributed by atoms with E-state index in [1.54, 1.807) is 0 Å². The zero-order valence-electron chi connectivity index (χ0n) is 16.5. The third-order valence-electron chi connectivity index (χ3n) is 5.73. The van der Waals surface area contributed by atoms with Crippen molar-refractivity contribution in [2.75, 3.05) is 0 Å². The van der Waals surface area contributed by atoms with Crippen molar-refractivity contribution >= 4 is 8.32 Å². The van der Waals surface area contributed by atoms with Gasteiger partial charge in [-0.05, 0) is 43.0 Å². The molecule has 2 nitrogen and oxygen atoms in total. The molecule has 0 N–H and O–H groups in total. The molecule has 0 radical (unpaired) electrons. The summed E-state index contributed by atoms with van der Waals surface area (Å²) in [5, 5.41) is 0.245. The van der Waals surface area contributed by atoms with E-state index in [4.69, 9.17) is 9.16 Å². The van der Waals surface area contributed by atoms with Gasteiger partial charge in [-0.3, -0.25) is 0 Å². The maximum atomic E-state index is 6.79. The molecule has 2 rings (SSSR count). The van der Waals surface area contributed by atoms with Gasteiger partial charge < -0.3 is 9.16 Å². The molecule has 1 fully saturated rings. The van der Waals surface area contributed by atoms with Gasteiger partial charge in [-0.15, -0.1) is 0 Å². The number of hydrogen-bond donors (Lipinski definition) is 0. The number of benzene rings is 1. The van der Waals surface area contributed by atoms with Crippen molar-refractivity contribution in [1.29, 1.82) is 0 Å². The summed E-state index contributed by atoms with van der Waals surface area (Å²) in [6.07, 6.45) is 6.51. The Bertz CT molecular complexity index is 492. The summed E-state index contributed by atoms with van der Waals surface area (Å²) in [6.45, 7) is 13.9. The molecule has 1 aromatic rings. The lowest BCUT2D eigenvalue weighted by Crippen LogP contribution is -2.47. The molecular weight excluding hydrogens is 312 g/mol. The normalized spacial score (nSPS) is 23.4. The lowest BCUT2D eigenvalue weighted by Gasteiger charge is -2.41. The van der Waals surface area contributed by atoms with Gasteiger partial charge in [0, 0.05) is 0 Å². The van der Waals surface area contributed by atoms with Gasteiger partial charge in [0.2, 0.25) is 0 Å². The van der Waals surface area contributed by atoms with Crippen LogP contribution >= 0.6 is 0 Å². The fourth-order valence-corrected chi connectivity index (χ4v) is 4.51. The van der Waals surface area contributed by atoms with Gasteiger partial charge in [0.15, 0.2) is 8.32 Å². The molecule has 1 aliphatic rings. The van der Waals surface area contributed by atoms with E-state index in [0.717, 1.165) is 19.3 Å². The molecule has 1 aromatic carbocycles. The Morgan fingerprint density at radius 1 is 1.17 bits per heavy atom. The molecule has 1 aliphatic heterocycles. The van der Waals surface area contributed by atoms with Gasteiger partial charge in [-0.1, -0.05) is 70.9 Å². The van der Waals surface area contributed by atoms with Crippen LogP contribution in [-0.2, 0) is 9.16 Å². The maximum absolute atomic E-state index is 6.79. The second-order valence-electron chi connectivity index (χ2n) is 8.71. The number of ether oxygens (including phenoxy) is 1. The third kappa shape index (κ3) is 4.93. The van der Waals surface area contributed by atoms with E-state index >= 15 is 0 Å². The Morgan fingerprint density at radius 2 is 1.83 bits per heavy atom. The highest BCUT2D eigenvalue weighted by Gasteiger charge is 2.42. The topological polar surface area (TPSA) is 18.5 Å². The van der Waals surface area contributed by atoms with Crippen molar-refractivity contribution < 1.29 is 9.16 Å². The third-order valence-corrected chi connectivity index (χ3v) is 10.2. The lowest BCUT2D eigenvalue weighted by molar-refractivity contribution is -0.0328. The van der Waals surface area contributed by atoms with Crippen LogP contribution in [0.1, 0.15) is 71.5 Å². The van der Waals surface area contributed by atoms with Crippen LogP contribution in [0.15, 0.2) is 30.3 Å². The zero-order chi connectivity index (χ0) is 17.8. The molecule has 0 bridgehead atoms. The lowest BCUT2D eigenvalue weighted by atomic mass is 10.0. The number of hydrogen-bond acceptors (Lipinski definition) is 2. The predicted octanol–water partition coefficient (Wildman–Crippen LogP) is 6.49. The largest absolute Gasteiger partial charge is 0.411 e. The minimum Gasteiger partial charge on any atom is -0.411 e. The average molecular weight is 349 g/mol. The fraction of sp³-hybridized carbons (Fsp3) is 0.714. The van der Waals surface area contributed by atoms with Crippen molar-refractivity contribution in [3.05, 3.63) is 35.9 Å². The highest BCUT2D eigenvalue weighted by molar-refractivity contribution is 6.74. The number of unbranched alkanes of at least 4 members (excludes halogenated alkanes) is 1. The Hall–Kier alpha value is -0.643. The van der Waals surface area contributed by atoms with Gasteiger partial charge in [0.1, 0.15) is 0 Å². The summed E-state index contributed by atoms with van der Waals surface area (Å²) in [7, 11) is -1.77. The Kier molecular flexibility index (Phi) is 6.69. The van der Waals surface area contributed by atoms with Crippen LogP contribution in [0.25, 0.3) is 0 Å². The Labute approximate surface area is 150 Å². The van der Waals surface area contributed by atoms with Crippen LogP contribution in [0.2, 0.25) is 18.1 Å². The molecule has 136 valence electrons. The van der Waals surface area contributed by atoms with Gasteiger partial charge in [0.25, 0.3) is 0 Å². The Balaban J connectivity index is 2.06. The van der Waals surface area contributed by atoms with Crippen molar-refractivity contribution in [1.82, 2.24) is 0 Å². The van der Waals surface area contributed by atoms with Crippen molar-refractivity contribution in [2.24, 2.45) is 0 Å². The van der Waals surface area contributed by atoms with Crippen LogP contribution < -0.4 is 0 Å². The molecule has 3 atom stereocenters. The standard InChI is InChI=1S/C21H36O2Si/c1-7-8-14-20(23-24(5,6)21(2,3)4)19-16-15-18(22-19)17-12-10-9-11-13-17/h9-13,18-20H,7-8,14-16H2,1-6H3/t18?,19-,20-/m0/s1. The molecule has 0 spiro atoms. The van der Waals surface area contributed by atoms with Crippen molar-refractivity contribution in [3.63, 3.8) is 0 Å². The van der Waals surface area contributed by atoms with E-state index in [0.29, 0.717) is 0 Å². The highest BCUT2D eigenvalue weighted by atomic mass is 28.4. The first-order chi connectivity index (χ1) is 11.2. The van der Waals surface area contributed by atoms with Crippen molar-refractivity contribution in [3.8, 4) is 0 Å². The molecule has 1 heterocycles. The predicted molar refractivity (Wildman–Crippen MR) is 105 cm³/mol. The number of rotatable bonds is 7. The van der Waals surface area contributed by atoms with E-state index < -0.39 is 8.32 Å². The summed E-state index contributed by atoms with van der Waals surface area (Å²) < 4.78 is 13.2. The van der Waals surface area contributed by atoms with Crippen LogP contribution in [0.4, 0.5) is 0 Å². The van der Waals surface area contributed by atoms with E-state index in [9.17, 15) is 0 Å². The first-order valence-electron chi connectivity index (χ1n) is 9.63. The SMILES string of the molecule is CCCC[C@H](O[Si](C)(C)C(C)(C)C)[C@@H]1CCC(c2ccccc2)O1. The summed E-state index contributed by atoms with van der Waals surface area (Å²) in [5.41, 5.74) is 1.31. The molecule has 1 saturated heterocycles. The summed E-state index contributed by atoms with van der Waals surface area (Å²) in [4.78, 5) is 0. The van der Waals surface area contributed by atoms with E-state index in [1.807, 2.05) is 0 Å². The van der Waals surface area contributed by atoms with Gasteiger partial charge in [-0.2, -0.15) is 0 Å². The van der Waals surface area contributed by atoms with E-state index in [2.05, 4.69) is 71.1 Å². The van der Waals surface area contributed by atoms with Crippen LogP contribution in [-0.4, -0.2) is 20.5 Å². The van der Waals surface area contributed by atoms with Crippen molar-refractivity contribution in [2.45, 2.75) is 96.2 Å². The van der Waals surface area contributed by atoms with Gasteiger partial charge in [0.05, 0.1) is 18.3 Å². The summed E-state index contributed by atoms with van der Waals surface area (Å²) in [6, 6.07) is 10.6. The zero-order valence-corrected chi connectivity index (χ0v) is 17.5. The second kappa shape index (κ2) is 8.16. The first-order valence-corrected chi connectivity index (χ1v) is 12.5. The summed E-state index contributed by atoms with van der Waals surface area (Å²) in [5.74, 6) is 0. The summed E-state index contributed by atoms with van der Waals surface area (Å²) >= 11 is 0. The molecule has 0 aromatic heterocycles. The molecule has 3 heteroatoms. The van der Waals surface area contributed by atoms with Gasteiger partial charge in [-0.25, -0.2) is 0 Å². The molecule has 1 unspecified atom stereocenters. The van der Waals surface area contributed by atoms with Crippen LogP contribution in [0.3, 0.4) is 0 Å². The minimum atomic E-state index is -1.77. The van der Waals surface area contributed by atoms with Crippen LogP contribution in [0.5, 0.6) is 0 Å². The maximum Gasteiger partial charge on any atom is 0.192 e. The molecule has 0 saturated carbocycles. The smallest absolute Gasteiger partial charge is 0.192 e. The first kappa shape index (κ1) is 19.7. The molecule has 0 amide bonds. The fourth-order valence-electron chi connectivity index (χ4n) is 3.13. The highest BCUT2D eigenvalue weighted by Crippen LogP contribution is 2.41. The average Bonchev–Trinajstić information content (AvgIpc) is 3.01. The van der Waals surface area contributed by atoms with E-state index in [1.165, 1.54) is 18.4 Å². The Morgan fingerprint density at radius 3 is 2.42 bits per heavy atom. The molecule has 0 aliphatic carbocycles. The van der Waals surface area contributed by atoms with Crippen LogP contribution in [0, 0.1) is 0 Å². The quantitative estimate of drug-likeness (QED) is 0.524. The molecule has 24 heavy (non-hydrogen) atoms. The molecular formula is C21H36O2Si.